The van der Waals surface area contributed by atoms with E-state index in [4.69, 9.17) is 19.4 Å². The van der Waals surface area contributed by atoms with E-state index in [2.05, 4.69) is 89.5 Å². The minimum atomic E-state index is -0.787. The van der Waals surface area contributed by atoms with Crippen molar-refractivity contribution in [3.05, 3.63) is 52.1 Å². The van der Waals surface area contributed by atoms with E-state index in [1.165, 1.54) is 11.3 Å². The number of amides is 2. The number of aryl methyl sites for hydroxylation is 1. The number of pyridine rings is 1. The zero-order chi connectivity index (χ0) is 40.5. The highest BCUT2D eigenvalue weighted by Gasteiger charge is 2.48. The molecule has 1 saturated carbocycles. The molecule has 2 aliphatic carbocycles. The lowest BCUT2D eigenvalue weighted by molar-refractivity contribution is -0.151. The van der Waals surface area contributed by atoms with Crippen LogP contribution in [0.15, 0.2) is 35.8 Å². The van der Waals surface area contributed by atoms with Crippen LogP contribution in [0.2, 0.25) is 0 Å². The van der Waals surface area contributed by atoms with Gasteiger partial charge in [-0.05, 0) is 62.9 Å². The van der Waals surface area contributed by atoms with E-state index >= 15 is 0 Å². The first kappa shape index (κ1) is 39.1. The van der Waals surface area contributed by atoms with Gasteiger partial charge in [0.15, 0.2) is 0 Å². The highest BCUT2D eigenvalue weighted by Crippen LogP contribution is 2.57. The number of hydrogen-bond acceptors (Lipinski definition) is 11. The Morgan fingerprint density at radius 3 is 2.66 bits per heavy atom. The van der Waals surface area contributed by atoms with Gasteiger partial charge in [0.2, 0.25) is 5.91 Å². The summed E-state index contributed by atoms with van der Waals surface area (Å²) in [7, 11) is 3.93. The van der Waals surface area contributed by atoms with Crippen LogP contribution >= 0.6 is 11.3 Å². The first-order chi connectivity index (χ1) is 27.9. The molecule has 2 N–H and O–H groups in total. The van der Waals surface area contributed by atoms with Crippen LogP contribution in [-0.2, 0) is 36.8 Å². The number of nitrogens with one attached hydrogen (secondary N) is 2. The molecule has 2 amide bonds. The van der Waals surface area contributed by atoms with E-state index in [-0.39, 0.29) is 55.1 Å². The summed E-state index contributed by atoms with van der Waals surface area (Å²) < 4.78 is 15.1. The number of hydrogen-bond donors (Lipinski definition) is 2. The zero-order valence-corrected chi connectivity index (χ0v) is 35.4. The number of benzene rings is 1. The number of hydrazine groups is 1. The second kappa shape index (κ2) is 15.3. The molecule has 6 bridgehead atoms. The Morgan fingerprint density at radius 2 is 1.91 bits per heavy atom. The number of fused-ring (bicyclic) bond motifs is 8. The number of anilines is 1. The average molecular weight is 809 g/mol. The predicted molar refractivity (Wildman–Crippen MR) is 224 cm³/mol. The molecule has 6 atom stereocenters. The molecule has 0 radical (unpaired) electrons. The van der Waals surface area contributed by atoms with Crippen LogP contribution < -0.4 is 15.6 Å². The van der Waals surface area contributed by atoms with Crippen LogP contribution in [0.5, 0.6) is 0 Å². The quantitative estimate of drug-likeness (QED) is 0.248. The Balaban J connectivity index is 1.18. The third-order valence-electron chi connectivity index (χ3n) is 13.3. The molecule has 0 spiro atoms. The van der Waals surface area contributed by atoms with Crippen molar-refractivity contribution >= 4 is 45.7 Å². The fraction of sp³-hybridized carbons (Fsp3) is 0.568. The molecule has 6 heterocycles. The van der Waals surface area contributed by atoms with Gasteiger partial charge in [-0.2, -0.15) is 0 Å². The summed E-state index contributed by atoms with van der Waals surface area (Å²) in [4.78, 5) is 56.3. The number of likely N-dealkylation sites (N-methyl/N-ethyl adjacent to an activating group) is 1. The van der Waals surface area contributed by atoms with Crippen LogP contribution in [0.1, 0.15) is 81.7 Å². The van der Waals surface area contributed by atoms with Gasteiger partial charge >= 0.3 is 5.97 Å². The summed E-state index contributed by atoms with van der Waals surface area (Å²) in [6, 6.07) is 7.82. The largest absolute Gasteiger partial charge is 0.465 e. The molecular weight excluding hydrogens is 753 g/mol. The van der Waals surface area contributed by atoms with Gasteiger partial charge in [-0.15, -0.1) is 11.3 Å². The van der Waals surface area contributed by atoms with Gasteiger partial charge in [-0.25, -0.2) is 10.4 Å². The van der Waals surface area contributed by atoms with E-state index in [1.807, 2.05) is 6.20 Å². The number of thiazole rings is 1. The van der Waals surface area contributed by atoms with Crippen LogP contribution in [0.3, 0.4) is 0 Å². The molecule has 1 aromatic carbocycles. The fourth-order valence-corrected chi connectivity index (χ4v) is 10.6. The average Bonchev–Trinajstić information content (AvgIpc) is 3.62. The Labute approximate surface area is 344 Å². The van der Waals surface area contributed by atoms with Crippen molar-refractivity contribution in [1.29, 1.82) is 0 Å². The lowest BCUT2D eigenvalue weighted by Crippen LogP contribution is -2.59. The van der Waals surface area contributed by atoms with Gasteiger partial charge in [0.25, 0.3) is 5.91 Å². The molecular formula is C44H56N8O5S. The van der Waals surface area contributed by atoms with Crippen LogP contribution in [0, 0.1) is 17.3 Å². The number of esters is 1. The summed E-state index contributed by atoms with van der Waals surface area (Å²) in [5, 5.41) is 8.61. The highest BCUT2D eigenvalue weighted by molar-refractivity contribution is 7.10. The Hall–Kier alpha value is -4.37. The van der Waals surface area contributed by atoms with Crippen molar-refractivity contribution in [3.63, 3.8) is 0 Å². The molecule has 5 aliphatic rings. The van der Waals surface area contributed by atoms with Crippen LogP contribution in [-0.4, -0.2) is 108 Å². The maximum Gasteiger partial charge on any atom is 0.307 e. The van der Waals surface area contributed by atoms with Crippen molar-refractivity contribution in [1.82, 2.24) is 35.2 Å². The number of nitrogens with zero attached hydrogens (tertiary/aromatic N) is 6. The van der Waals surface area contributed by atoms with Gasteiger partial charge in [0.05, 0.1) is 47.0 Å². The third-order valence-corrected chi connectivity index (χ3v) is 14.1. The number of aromatic nitrogens is 3. The van der Waals surface area contributed by atoms with Gasteiger partial charge in [-0.1, -0.05) is 26.8 Å². The van der Waals surface area contributed by atoms with Gasteiger partial charge in [0, 0.05) is 104 Å². The summed E-state index contributed by atoms with van der Waals surface area (Å²) in [6.07, 6.45) is 4.28. The van der Waals surface area contributed by atoms with Crippen molar-refractivity contribution in [3.8, 4) is 22.5 Å². The lowest BCUT2D eigenvalue weighted by atomic mass is 9.67. The Bertz CT molecular complexity index is 2240. The number of carbonyl (C=O) groups excluding carboxylic acids is 3. The smallest absolute Gasteiger partial charge is 0.307 e. The Morgan fingerprint density at radius 1 is 1.12 bits per heavy atom. The normalized spacial score (nSPS) is 27.4. The second-order valence-corrected chi connectivity index (χ2v) is 18.8. The maximum absolute atomic E-state index is 14.2. The fourth-order valence-electron chi connectivity index (χ4n) is 9.80. The number of piperazine rings is 1. The molecule has 3 aliphatic heterocycles. The summed E-state index contributed by atoms with van der Waals surface area (Å²) >= 11 is 1.51. The van der Waals surface area contributed by atoms with Crippen molar-refractivity contribution in [2.24, 2.45) is 17.3 Å². The first-order valence-corrected chi connectivity index (χ1v) is 21.9. The molecule has 3 aromatic heterocycles. The number of ether oxygens (including phenoxy) is 2. The first-order valence-electron chi connectivity index (χ1n) is 21.0. The minimum absolute atomic E-state index is 0.0755. The lowest BCUT2D eigenvalue weighted by Gasteiger charge is -2.42. The molecule has 2 saturated heterocycles. The van der Waals surface area contributed by atoms with Crippen LogP contribution in [0.25, 0.3) is 33.4 Å². The molecule has 3 fully saturated rings. The summed E-state index contributed by atoms with van der Waals surface area (Å²) in [6.45, 7) is 13.8. The molecule has 14 heteroatoms. The predicted octanol–water partition coefficient (Wildman–Crippen LogP) is 5.54. The summed E-state index contributed by atoms with van der Waals surface area (Å²) in [5.74, 6) is -0.608. The Kier molecular flexibility index (Phi) is 10.3. The maximum atomic E-state index is 14.2. The SMILES string of the molecule is CCn1c2c3c4cc(ccc41)-c1csc(n1)CC(NC(=O)[C@H]1C[C@@H]1C)C(=O)N1CCC[C@@H](CC(=O)OCC(C)(C)C3[C@H](OC)c3ncc(N4CCN(C)CC4)cc3-2)N1. The monoisotopic (exact) mass is 808 g/mol. The van der Waals surface area contributed by atoms with E-state index < -0.39 is 17.6 Å². The van der Waals surface area contributed by atoms with Gasteiger partial charge in [-0.3, -0.25) is 24.4 Å². The molecule has 2 unspecified atom stereocenters. The number of cyclic esters (lactones) is 1. The number of carbonyl (C=O) groups is 3. The molecule has 308 valence electrons. The minimum Gasteiger partial charge on any atom is -0.465 e. The van der Waals surface area contributed by atoms with Crippen molar-refractivity contribution in [2.75, 3.05) is 58.4 Å². The second-order valence-electron chi connectivity index (χ2n) is 17.8. The molecule has 9 rings (SSSR count). The highest BCUT2D eigenvalue weighted by atomic mass is 32.1. The van der Waals surface area contributed by atoms with E-state index in [0.29, 0.717) is 12.5 Å². The third kappa shape index (κ3) is 7.09. The van der Waals surface area contributed by atoms with Crippen molar-refractivity contribution in [2.45, 2.75) is 90.4 Å². The van der Waals surface area contributed by atoms with Gasteiger partial charge < -0.3 is 29.2 Å². The summed E-state index contributed by atoms with van der Waals surface area (Å²) in [5.41, 5.74) is 11.0. The van der Waals surface area contributed by atoms with E-state index in [1.54, 1.807) is 12.1 Å². The van der Waals surface area contributed by atoms with E-state index in [0.717, 1.165) is 107 Å². The number of methoxy groups -OCH3 is 1. The van der Waals surface area contributed by atoms with E-state index in [9.17, 15) is 14.4 Å². The van der Waals surface area contributed by atoms with Crippen LogP contribution in [0.4, 0.5) is 5.69 Å². The van der Waals surface area contributed by atoms with Gasteiger partial charge in [0.1, 0.15) is 12.1 Å². The number of rotatable bonds is 5. The topological polar surface area (TPSA) is 134 Å². The molecule has 4 aromatic rings. The standard InChI is InChI=1S/C44H56N8O5S/c1-7-51-34-11-10-26-18-30(34)37-38(41(56-6)39-31(40(37)51)20-28(22-45-39)50-15-13-49(5)14-16-50)44(3,4)24-57-36(53)19-27-9-8-12-52(48-27)43(55)32(21-35-46-33(26)23-58-35)47-42(54)29-17-25(29)2/h10-11,18,20,22-23,25,27,29,32,38,41,48H,7-9,12-17,19,21,24H2,1-6H3,(H,47,54)/t25-,27-,29-,32?,38?,41-/m0/s1. The zero-order valence-electron chi connectivity index (χ0n) is 34.5. The molecule has 58 heavy (non-hydrogen) atoms. The molecule has 13 nitrogen and oxygen atoms in total. The van der Waals surface area contributed by atoms with Crippen molar-refractivity contribution < 1.29 is 23.9 Å².